The van der Waals surface area contributed by atoms with E-state index in [9.17, 15) is 9.59 Å². The molecule has 25 heavy (non-hydrogen) atoms. The van der Waals surface area contributed by atoms with E-state index in [-0.39, 0.29) is 17.9 Å². The van der Waals surface area contributed by atoms with E-state index < -0.39 is 6.10 Å². The lowest BCUT2D eigenvalue weighted by Crippen LogP contribution is -2.36. The third-order valence-electron chi connectivity index (χ3n) is 4.44. The van der Waals surface area contributed by atoms with E-state index >= 15 is 0 Å². The quantitative estimate of drug-likeness (QED) is 0.573. The summed E-state index contributed by atoms with van der Waals surface area (Å²) in [4.78, 5) is 24.1. The lowest BCUT2D eigenvalue weighted by Gasteiger charge is -2.22. The van der Waals surface area contributed by atoms with Crippen LogP contribution in [0.15, 0.2) is 24.3 Å². The number of hydrogen-bond donors (Lipinski definition) is 1. The minimum absolute atomic E-state index is 0.0505. The highest BCUT2D eigenvalue weighted by molar-refractivity contribution is 5.94. The molecule has 0 unspecified atom stereocenters. The predicted octanol–water partition coefficient (Wildman–Crippen LogP) is 3.86. The molecule has 0 heterocycles. The Morgan fingerprint density at radius 1 is 1.16 bits per heavy atom. The van der Waals surface area contributed by atoms with Gasteiger partial charge in [-0.3, -0.25) is 4.79 Å². The summed E-state index contributed by atoms with van der Waals surface area (Å²) in [6, 6.07) is 7.16. The fraction of sp³-hybridized carbons (Fsp3) is 0.600. The van der Waals surface area contributed by atoms with Crippen molar-refractivity contribution in [1.82, 2.24) is 5.32 Å². The van der Waals surface area contributed by atoms with Gasteiger partial charge in [-0.05, 0) is 50.5 Å². The second-order valence-electron chi connectivity index (χ2n) is 6.61. The summed E-state index contributed by atoms with van der Waals surface area (Å²) < 4.78 is 10.7. The number of nitrogens with one attached hydrogen (secondary N) is 1. The van der Waals surface area contributed by atoms with Crippen LogP contribution in [0, 0.1) is 0 Å². The first-order valence-corrected chi connectivity index (χ1v) is 9.34. The van der Waals surface area contributed by atoms with Gasteiger partial charge in [0.2, 0.25) is 0 Å². The molecule has 0 bridgehead atoms. The van der Waals surface area contributed by atoms with Crippen LogP contribution in [-0.2, 0) is 9.53 Å². The lowest BCUT2D eigenvalue weighted by molar-refractivity contribution is -0.151. The number of amides is 1. The number of carbonyl (C=O) groups excluding carboxylic acids is 2. The van der Waals surface area contributed by atoms with E-state index in [4.69, 9.17) is 9.47 Å². The summed E-state index contributed by atoms with van der Waals surface area (Å²) in [7, 11) is 0. The van der Waals surface area contributed by atoms with Gasteiger partial charge >= 0.3 is 5.97 Å². The van der Waals surface area contributed by atoms with E-state index in [1.165, 1.54) is 19.3 Å². The number of carbonyl (C=O) groups is 2. The maximum Gasteiger partial charge on any atom is 0.347 e. The molecular formula is C20H29NO4. The molecule has 0 aromatic heterocycles. The van der Waals surface area contributed by atoms with Gasteiger partial charge in [0.15, 0.2) is 6.10 Å². The molecule has 0 aliphatic heterocycles. The number of rotatable bonds is 8. The summed E-state index contributed by atoms with van der Waals surface area (Å²) in [6.07, 6.45) is 6.91. The molecule has 1 saturated carbocycles. The van der Waals surface area contributed by atoms with Crippen LogP contribution in [0.1, 0.15) is 69.2 Å². The molecule has 0 radical (unpaired) electrons. The first kappa shape index (κ1) is 19.3. The zero-order valence-corrected chi connectivity index (χ0v) is 15.3. The Morgan fingerprint density at radius 2 is 1.84 bits per heavy atom. The van der Waals surface area contributed by atoms with E-state index in [1.54, 1.807) is 31.2 Å². The molecule has 0 saturated heterocycles. The van der Waals surface area contributed by atoms with Crippen molar-refractivity contribution >= 4 is 11.9 Å². The first-order valence-electron chi connectivity index (χ1n) is 9.34. The highest BCUT2D eigenvalue weighted by atomic mass is 16.6. The molecule has 1 aromatic carbocycles. The molecule has 0 spiro atoms. The van der Waals surface area contributed by atoms with Gasteiger partial charge < -0.3 is 14.8 Å². The molecule has 5 heteroatoms. The monoisotopic (exact) mass is 347 g/mol. The smallest absolute Gasteiger partial charge is 0.347 e. The van der Waals surface area contributed by atoms with Crippen LogP contribution in [-0.4, -0.2) is 30.6 Å². The van der Waals surface area contributed by atoms with Crippen molar-refractivity contribution in [1.29, 1.82) is 0 Å². The van der Waals surface area contributed by atoms with Crippen molar-refractivity contribution in [2.75, 3.05) is 6.61 Å². The van der Waals surface area contributed by atoms with Crippen LogP contribution < -0.4 is 10.1 Å². The van der Waals surface area contributed by atoms with Crippen molar-refractivity contribution in [3.8, 4) is 5.75 Å². The lowest BCUT2D eigenvalue weighted by atomic mass is 9.95. The van der Waals surface area contributed by atoms with Crippen molar-refractivity contribution in [3.05, 3.63) is 29.8 Å². The Balaban J connectivity index is 1.82. The summed E-state index contributed by atoms with van der Waals surface area (Å²) in [5, 5.41) is 3.09. The first-order chi connectivity index (χ1) is 12.1. The molecule has 1 aliphatic carbocycles. The topological polar surface area (TPSA) is 64.6 Å². The van der Waals surface area contributed by atoms with Crippen molar-refractivity contribution in [3.63, 3.8) is 0 Å². The van der Waals surface area contributed by atoms with Gasteiger partial charge in [0.05, 0.1) is 6.61 Å². The largest absolute Gasteiger partial charge is 0.479 e. The van der Waals surface area contributed by atoms with E-state index in [1.807, 2.05) is 6.92 Å². The van der Waals surface area contributed by atoms with Crippen LogP contribution >= 0.6 is 0 Å². The summed E-state index contributed by atoms with van der Waals surface area (Å²) in [5.74, 6) is 0.132. The highest BCUT2D eigenvalue weighted by Gasteiger charge is 2.18. The standard InChI is InChI=1S/C20H29NO4/c1-3-4-14-24-20(23)15(2)25-18-12-10-16(11-13-18)19(22)21-17-8-6-5-7-9-17/h10-13,15,17H,3-9,14H2,1-2H3,(H,21,22)/t15-/m1/s1. The number of unbranched alkanes of at least 4 members (excludes halogenated alkanes) is 1. The van der Waals surface area contributed by atoms with Gasteiger partial charge in [0.1, 0.15) is 5.75 Å². The second-order valence-corrected chi connectivity index (χ2v) is 6.61. The second kappa shape index (κ2) is 10.1. The molecule has 5 nitrogen and oxygen atoms in total. The Kier molecular flexibility index (Phi) is 7.76. The maximum atomic E-state index is 12.3. The van der Waals surface area contributed by atoms with Crippen LogP contribution in [0.4, 0.5) is 0 Å². The summed E-state index contributed by atoms with van der Waals surface area (Å²) >= 11 is 0. The van der Waals surface area contributed by atoms with Crippen LogP contribution in [0.2, 0.25) is 0 Å². The average Bonchev–Trinajstić information content (AvgIpc) is 2.63. The fourth-order valence-corrected chi connectivity index (χ4v) is 2.89. The Hall–Kier alpha value is -2.04. The van der Waals surface area contributed by atoms with E-state index in [2.05, 4.69) is 5.32 Å². The third kappa shape index (κ3) is 6.40. The van der Waals surface area contributed by atoms with Gasteiger partial charge in [-0.25, -0.2) is 4.79 Å². The minimum Gasteiger partial charge on any atom is -0.479 e. The molecule has 1 amide bonds. The van der Waals surface area contributed by atoms with Crippen LogP contribution in [0.3, 0.4) is 0 Å². The SMILES string of the molecule is CCCCOC(=O)[C@@H](C)Oc1ccc(C(=O)NC2CCCCC2)cc1. The Bertz CT molecular complexity index is 549. The fourth-order valence-electron chi connectivity index (χ4n) is 2.89. The Labute approximate surface area is 150 Å². The van der Waals surface area contributed by atoms with E-state index in [0.29, 0.717) is 17.9 Å². The minimum atomic E-state index is -0.668. The zero-order valence-electron chi connectivity index (χ0n) is 15.3. The molecule has 1 N–H and O–H groups in total. The molecule has 138 valence electrons. The number of benzene rings is 1. The number of esters is 1. The Morgan fingerprint density at radius 3 is 2.48 bits per heavy atom. The summed E-state index contributed by atoms with van der Waals surface area (Å²) in [6.45, 7) is 4.13. The molecule has 1 fully saturated rings. The van der Waals surface area contributed by atoms with Crippen LogP contribution in [0.25, 0.3) is 0 Å². The van der Waals surface area contributed by atoms with Crippen molar-refractivity contribution in [2.24, 2.45) is 0 Å². The zero-order chi connectivity index (χ0) is 18.1. The predicted molar refractivity (Wildman–Crippen MR) is 96.7 cm³/mol. The number of ether oxygens (including phenoxy) is 2. The van der Waals surface area contributed by atoms with Crippen molar-refractivity contribution in [2.45, 2.75) is 70.9 Å². The van der Waals surface area contributed by atoms with Gasteiger partial charge in [0.25, 0.3) is 5.91 Å². The molecule has 1 aliphatic rings. The number of hydrogen-bond acceptors (Lipinski definition) is 4. The van der Waals surface area contributed by atoms with E-state index in [0.717, 1.165) is 25.7 Å². The normalized spacial score (nSPS) is 16.1. The summed E-state index contributed by atoms with van der Waals surface area (Å²) in [5.41, 5.74) is 0.607. The molecular weight excluding hydrogens is 318 g/mol. The van der Waals surface area contributed by atoms with Gasteiger partial charge in [-0.2, -0.15) is 0 Å². The average molecular weight is 347 g/mol. The highest BCUT2D eigenvalue weighted by Crippen LogP contribution is 2.19. The van der Waals surface area contributed by atoms with Gasteiger partial charge in [-0.1, -0.05) is 32.6 Å². The van der Waals surface area contributed by atoms with Crippen LogP contribution in [0.5, 0.6) is 5.75 Å². The molecule has 1 aromatic rings. The third-order valence-corrected chi connectivity index (χ3v) is 4.44. The van der Waals surface area contributed by atoms with Gasteiger partial charge in [0, 0.05) is 11.6 Å². The van der Waals surface area contributed by atoms with Gasteiger partial charge in [-0.15, -0.1) is 0 Å². The molecule has 1 atom stereocenters. The molecule has 2 rings (SSSR count). The maximum absolute atomic E-state index is 12.3. The van der Waals surface area contributed by atoms with Crippen molar-refractivity contribution < 1.29 is 19.1 Å².